The summed E-state index contributed by atoms with van der Waals surface area (Å²) in [6.07, 6.45) is 0. The van der Waals surface area contributed by atoms with Crippen LogP contribution in [0.15, 0.2) is 29.4 Å². The standard InChI is InChI=1S/C11H12FN5OS/c1-7(10(18)13-2)19-11-14-15-16-17(11)9-5-3-4-8(12)6-9/h3-7H,1-2H3,(H,13,18)/t7-/m1/s1. The first-order valence-corrected chi connectivity index (χ1v) is 6.42. The Morgan fingerprint density at radius 2 is 2.32 bits per heavy atom. The third kappa shape index (κ3) is 3.08. The number of hydrogen-bond acceptors (Lipinski definition) is 5. The maximum absolute atomic E-state index is 13.2. The first kappa shape index (κ1) is 13.5. The van der Waals surface area contributed by atoms with Crippen LogP contribution in [-0.2, 0) is 4.79 Å². The second-order valence-corrected chi connectivity index (χ2v) is 5.04. The van der Waals surface area contributed by atoms with E-state index >= 15 is 0 Å². The minimum Gasteiger partial charge on any atom is -0.358 e. The van der Waals surface area contributed by atoms with Crippen LogP contribution in [0.2, 0.25) is 0 Å². The molecule has 2 rings (SSSR count). The van der Waals surface area contributed by atoms with Crippen LogP contribution in [0.3, 0.4) is 0 Å². The number of tetrazole rings is 1. The van der Waals surface area contributed by atoms with Gasteiger partial charge in [-0.25, -0.2) is 4.39 Å². The molecule has 0 spiro atoms. The van der Waals surface area contributed by atoms with Crippen molar-refractivity contribution in [2.45, 2.75) is 17.3 Å². The van der Waals surface area contributed by atoms with E-state index in [1.54, 1.807) is 26.1 Å². The molecular formula is C11H12FN5OS. The molecule has 0 aliphatic rings. The number of rotatable bonds is 4. The molecule has 6 nitrogen and oxygen atoms in total. The maximum atomic E-state index is 13.2. The molecule has 0 aliphatic carbocycles. The monoisotopic (exact) mass is 281 g/mol. The predicted octanol–water partition coefficient (Wildman–Crippen LogP) is 1.03. The highest BCUT2D eigenvalue weighted by Crippen LogP contribution is 2.22. The van der Waals surface area contributed by atoms with E-state index < -0.39 is 0 Å². The number of amides is 1. The van der Waals surface area contributed by atoms with E-state index in [4.69, 9.17) is 0 Å². The van der Waals surface area contributed by atoms with E-state index in [0.29, 0.717) is 10.8 Å². The lowest BCUT2D eigenvalue weighted by Crippen LogP contribution is -2.27. The van der Waals surface area contributed by atoms with Crippen molar-refractivity contribution in [1.29, 1.82) is 0 Å². The van der Waals surface area contributed by atoms with E-state index in [0.717, 1.165) is 0 Å². The fraction of sp³-hybridized carbons (Fsp3) is 0.273. The van der Waals surface area contributed by atoms with E-state index in [1.165, 1.54) is 28.6 Å². The molecule has 19 heavy (non-hydrogen) atoms. The van der Waals surface area contributed by atoms with Crippen LogP contribution in [0.5, 0.6) is 0 Å². The molecule has 1 N–H and O–H groups in total. The van der Waals surface area contributed by atoms with Crippen molar-refractivity contribution < 1.29 is 9.18 Å². The molecule has 0 saturated carbocycles. The summed E-state index contributed by atoms with van der Waals surface area (Å²) in [6.45, 7) is 1.74. The van der Waals surface area contributed by atoms with Gasteiger partial charge in [0.1, 0.15) is 5.82 Å². The van der Waals surface area contributed by atoms with Crippen LogP contribution in [0, 0.1) is 5.82 Å². The summed E-state index contributed by atoms with van der Waals surface area (Å²) in [5.41, 5.74) is 0.511. The van der Waals surface area contributed by atoms with Crippen LogP contribution in [0.1, 0.15) is 6.92 Å². The van der Waals surface area contributed by atoms with Crippen molar-refractivity contribution >= 4 is 17.7 Å². The molecule has 0 radical (unpaired) electrons. The van der Waals surface area contributed by atoms with E-state index in [2.05, 4.69) is 20.8 Å². The minimum atomic E-state index is -0.372. The van der Waals surface area contributed by atoms with E-state index in [9.17, 15) is 9.18 Å². The van der Waals surface area contributed by atoms with Crippen molar-refractivity contribution in [2.24, 2.45) is 0 Å². The second-order valence-electron chi connectivity index (χ2n) is 3.73. The number of hydrogen-bond donors (Lipinski definition) is 1. The normalized spacial score (nSPS) is 12.2. The Labute approximate surface area is 113 Å². The first-order chi connectivity index (χ1) is 9.11. The van der Waals surface area contributed by atoms with Gasteiger partial charge in [-0.2, -0.15) is 4.68 Å². The SMILES string of the molecule is CNC(=O)[C@@H](C)Sc1nnnn1-c1cccc(F)c1. The molecule has 100 valence electrons. The predicted molar refractivity (Wildman–Crippen MR) is 68.5 cm³/mol. The lowest BCUT2D eigenvalue weighted by Gasteiger charge is -2.09. The summed E-state index contributed by atoms with van der Waals surface area (Å²) in [6, 6.07) is 5.93. The van der Waals surface area contributed by atoms with Gasteiger partial charge in [-0.05, 0) is 35.5 Å². The molecule has 1 atom stereocenters. The molecule has 1 aromatic heterocycles. The number of benzene rings is 1. The Balaban J connectivity index is 2.25. The van der Waals surface area contributed by atoms with Gasteiger partial charge in [0.15, 0.2) is 0 Å². The topological polar surface area (TPSA) is 72.7 Å². The number of thioether (sulfide) groups is 1. The summed E-state index contributed by atoms with van der Waals surface area (Å²) in [7, 11) is 1.56. The van der Waals surface area contributed by atoms with Gasteiger partial charge in [-0.15, -0.1) is 5.10 Å². The van der Waals surface area contributed by atoms with Gasteiger partial charge in [0.05, 0.1) is 10.9 Å². The lowest BCUT2D eigenvalue weighted by atomic mass is 10.3. The highest BCUT2D eigenvalue weighted by Gasteiger charge is 2.18. The highest BCUT2D eigenvalue weighted by molar-refractivity contribution is 8.00. The zero-order valence-electron chi connectivity index (χ0n) is 10.4. The second kappa shape index (κ2) is 5.79. The van der Waals surface area contributed by atoms with Crippen LogP contribution in [0.4, 0.5) is 4.39 Å². The number of aromatic nitrogens is 4. The van der Waals surface area contributed by atoms with Gasteiger partial charge < -0.3 is 5.32 Å². The fourth-order valence-corrected chi connectivity index (χ4v) is 2.30. The van der Waals surface area contributed by atoms with Gasteiger partial charge in [-0.3, -0.25) is 4.79 Å². The molecule has 0 fully saturated rings. The van der Waals surface area contributed by atoms with Crippen LogP contribution in [0.25, 0.3) is 5.69 Å². The Kier molecular flexibility index (Phi) is 4.10. The van der Waals surface area contributed by atoms with Gasteiger partial charge in [0, 0.05) is 7.05 Å². The van der Waals surface area contributed by atoms with E-state index in [1.807, 2.05) is 0 Å². The van der Waals surface area contributed by atoms with Crippen molar-refractivity contribution in [3.05, 3.63) is 30.1 Å². The van der Waals surface area contributed by atoms with Crippen molar-refractivity contribution in [2.75, 3.05) is 7.05 Å². The third-order valence-corrected chi connectivity index (χ3v) is 3.42. The fourth-order valence-electron chi connectivity index (χ4n) is 1.44. The number of carbonyl (C=O) groups excluding carboxylic acids is 1. The average molecular weight is 281 g/mol. The average Bonchev–Trinajstić information content (AvgIpc) is 2.85. The van der Waals surface area contributed by atoms with Crippen molar-refractivity contribution in [3.63, 3.8) is 0 Å². The number of halogens is 1. The molecular weight excluding hydrogens is 269 g/mol. The summed E-state index contributed by atoms with van der Waals surface area (Å²) >= 11 is 1.20. The van der Waals surface area contributed by atoms with Gasteiger partial charge in [-0.1, -0.05) is 17.8 Å². The molecule has 1 amide bonds. The summed E-state index contributed by atoms with van der Waals surface area (Å²) in [4.78, 5) is 11.5. The third-order valence-electron chi connectivity index (χ3n) is 2.39. The Bertz CT molecular complexity index is 588. The molecule has 1 heterocycles. The van der Waals surface area contributed by atoms with Gasteiger partial charge >= 0.3 is 0 Å². The highest BCUT2D eigenvalue weighted by atomic mass is 32.2. The molecule has 0 bridgehead atoms. The maximum Gasteiger partial charge on any atom is 0.233 e. The largest absolute Gasteiger partial charge is 0.358 e. The summed E-state index contributed by atoms with van der Waals surface area (Å²) in [5, 5.41) is 13.8. The molecule has 1 aromatic carbocycles. The van der Waals surface area contributed by atoms with Crippen molar-refractivity contribution in [1.82, 2.24) is 25.5 Å². The van der Waals surface area contributed by atoms with E-state index in [-0.39, 0.29) is 17.0 Å². The Morgan fingerprint density at radius 1 is 1.53 bits per heavy atom. The quantitative estimate of drug-likeness (QED) is 0.847. The molecule has 0 saturated heterocycles. The summed E-state index contributed by atoms with van der Waals surface area (Å²) in [5.74, 6) is -0.498. The van der Waals surface area contributed by atoms with Crippen LogP contribution >= 0.6 is 11.8 Å². The van der Waals surface area contributed by atoms with Crippen LogP contribution < -0.4 is 5.32 Å². The Morgan fingerprint density at radius 3 is 3.00 bits per heavy atom. The molecule has 0 unspecified atom stereocenters. The number of nitrogens with one attached hydrogen (secondary N) is 1. The summed E-state index contributed by atoms with van der Waals surface area (Å²) < 4.78 is 14.6. The number of carbonyl (C=O) groups is 1. The minimum absolute atomic E-state index is 0.126. The van der Waals surface area contributed by atoms with Gasteiger partial charge in [0.2, 0.25) is 11.1 Å². The Hall–Kier alpha value is -1.96. The zero-order valence-corrected chi connectivity index (χ0v) is 11.2. The molecule has 2 aromatic rings. The first-order valence-electron chi connectivity index (χ1n) is 5.54. The molecule has 8 heteroatoms. The van der Waals surface area contributed by atoms with Gasteiger partial charge in [0.25, 0.3) is 0 Å². The zero-order chi connectivity index (χ0) is 13.8. The van der Waals surface area contributed by atoms with Crippen LogP contribution in [-0.4, -0.2) is 38.4 Å². The smallest absolute Gasteiger partial charge is 0.233 e. The lowest BCUT2D eigenvalue weighted by molar-refractivity contribution is -0.119. The van der Waals surface area contributed by atoms with Crippen molar-refractivity contribution in [3.8, 4) is 5.69 Å². The molecule has 0 aliphatic heterocycles. The number of nitrogens with zero attached hydrogens (tertiary/aromatic N) is 4.